The molecule has 0 amide bonds. The van der Waals surface area contributed by atoms with Crippen LogP contribution in [0.1, 0.15) is 0 Å². The number of furan rings is 1. The van der Waals surface area contributed by atoms with Crippen molar-refractivity contribution in [3.63, 3.8) is 0 Å². The van der Waals surface area contributed by atoms with Gasteiger partial charge in [0.1, 0.15) is 5.58 Å². The maximum absolute atomic E-state index is 6.93. The average Bonchev–Trinajstić information content (AvgIpc) is 3.83. The molecule has 0 aliphatic carbocycles. The molecule has 3 aromatic heterocycles. The van der Waals surface area contributed by atoms with E-state index in [1.165, 1.54) is 0 Å². The quantitative estimate of drug-likeness (QED) is 0.172. The summed E-state index contributed by atoms with van der Waals surface area (Å²) in [6.45, 7) is 0. The van der Waals surface area contributed by atoms with Crippen molar-refractivity contribution in [2.24, 2.45) is 0 Å². The lowest BCUT2D eigenvalue weighted by atomic mass is 9.99. The van der Waals surface area contributed by atoms with Crippen molar-refractivity contribution in [2.45, 2.75) is 0 Å². The highest BCUT2D eigenvalue weighted by Crippen LogP contribution is 2.43. The van der Waals surface area contributed by atoms with Gasteiger partial charge in [0.15, 0.2) is 23.1 Å². The van der Waals surface area contributed by atoms with Crippen molar-refractivity contribution in [3.05, 3.63) is 194 Å². The smallest absolute Gasteiger partial charge is 0.164 e. The zero-order chi connectivity index (χ0) is 37.0. The summed E-state index contributed by atoms with van der Waals surface area (Å²) in [6.07, 6.45) is 0. The van der Waals surface area contributed by atoms with Crippen molar-refractivity contribution >= 4 is 43.7 Å². The number of hydrogen-bond donors (Lipinski definition) is 0. The van der Waals surface area contributed by atoms with E-state index >= 15 is 0 Å². The lowest BCUT2D eigenvalue weighted by Crippen LogP contribution is -2.01. The zero-order valence-electron chi connectivity index (χ0n) is 30.2. The summed E-state index contributed by atoms with van der Waals surface area (Å²) in [5.74, 6) is 1.85. The number of fused-ring (bicyclic) bond motifs is 6. The molecule has 3 heterocycles. The van der Waals surface area contributed by atoms with Gasteiger partial charge in [0.2, 0.25) is 0 Å². The van der Waals surface area contributed by atoms with Gasteiger partial charge in [-0.25, -0.2) is 15.0 Å². The van der Waals surface area contributed by atoms with E-state index in [2.05, 4.69) is 162 Å². The second-order valence-electron chi connectivity index (χ2n) is 13.9. The van der Waals surface area contributed by atoms with Gasteiger partial charge >= 0.3 is 0 Å². The van der Waals surface area contributed by atoms with Gasteiger partial charge in [0.25, 0.3) is 0 Å². The first kappa shape index (κ1) is 31.9. The minimum atomic E-state index is 0.611. The Bertz CT molecular complexity index is 3240. The first-order valence-electron chi connectivity index (χ1n) is 18.8. The third-order valence-electron chi connectivity index (χ3n) is 10.7. The van der Waals surface area contributed by atoms with Gasteiger partial charge in [-0.3, -0.25) is 0 Å². The summed E-state index contributed by atoms with van der Waals surface area (Å²) in [5, 5.41) is 4.33. The Labute approximate surface area is 322 Å². The van der Waals surface area contributed by atoms with E-state index < -0.39 is 0 Å². The monoisotopic (exact) mass is 716 g/mol. The van der Waals surface area contributed by atoms with Crippen LogP contribution in [0.4, 0.5) is 0 Å². The van der Waals surface area contributed by atoms with Crippen LogP contribution >= 0.6 is 0 Å². The standard InChI is InChI=1S/C51H32N4O/c1-4-17-33(18-5-1)36-23-10-11-24-40(36)50-52-49(35-21-8-3-9-22-35)53-51(54-50)42-29-16-31-44-46(42)41-25-12-13-30-43(41)55(44)45-32-15-28-39-38-27-14-26-37(47(38)56-48(39)45)34-19-6-2-7-20-34/h1-32H. The maximum Gasteiger partial charge on any atom is 0.164 e. The molecule has 5 heteroatoms. The fourth-order valence-corrected chi connectivity index (χ4v) is 8.17. The number of benzene rings is 8. The predicted molar refractivity (Wildman–Crippen MR) is 229 cm³/mol. The Hall–Kier alpha value is -7.63. The lowest BCUT2D eigenvalue weighted by Gasteiger charge is -2.13. The summed E-state index contributed by atoms with van der Waals surface area (Å²) in [4.78, 5) is 15.6. The number of para-hydroxylation sites is 3. The molecule has 0 atom stereocenters. The Morgan fingerprint density at radius 3 is 1.55 bits per heavy atom. The molecule has 11 rings (SSSR count). The third kappa shape index (κ3) is 5.13. The van der Waals surface area contributed by atoms with Crippen molar-refractivity contribution in [1.29, 1.82) is 0 Å². The van der Waals surface area contributed by atoms with Crippen LogP contribution in [0.25, 0.3) is 106 Å². The van der Waals surface area contributed by atoms with Crippen molar-refractivity contribution in [1.82, 2.24) is 19.5 Å². The minimum Gasteiger partial charge on any atom is -0.453 e. The third-order valence-corrected chi connectivity index (χ3v) is 10.7. The van der Waals surface area contributed by atoms with E-state index in [0.717, 1.165) is 88.4 Å². The molecule has 0 unspecified atom stereocenters. The maximum atomic E-state index is 6.93. The average molecular weight is 717 g/mol. The summed E-state index contributed by atoms with van der Waals surface area (Å²) < 4.78 is 9.25. The molecule has 0 fully saturated rings. The predicted octanol–water partition coefficient (Wildman–Crippen LogP) is 13.2. The van der Waals surface area contributed by atoms with Gasteiger partial charge in [0, 0.05) is 43.8 Å². The van der Waals surface area contributed by atoms with Crippen molar-refractivity contribution < 1.29 is 4.42 Å². The van der Waals surface area contributed by atoms with Crippen LogP contribution in [-0.2, 0) is 0 Å². The Balaban J connectivity index is 1.17. The Kier molecular flexibility index (Phi) is 7.42. The van der Waals surface area contributed by atoms with Gasteiger partial charge in [0.05, 0.1) is 16.7 Å². The summed E-state index contributed by atoms with van der Waals surface area (Å²) >= 11 is 0. The second-order valence-corrected chi connectivity index (χ2v) is 13.9. The molecule has 0 N–H and O–H groups in total. The van der Waals surface area contributed by atoms with Gasteiger partial charge in [-0.1, -0.05) is 176 Å². The number of nitrogens with zero attached hydrogens (tertiary/aromatic N) is 4. The SMILES string of the molecule is c1ccc(-c2nc(-c3ccccc3-c3ccccc3)nc(-c3cccc4c3c3ccccc3n4-c3cccc4c3oc3c(-c5ccccc5)cccc34)n2)cc1. The van der Waals surface area contributed by atoms with Crippen LogP contribution in [0.15, 0.2) is 199 Å². The molecule has 0 spiro atoms. The molecule has 56 heavy (non-hydrogen) atoms. The van der Waals surface area contributed by atoms with Gasteiger partial charge in [-0.05, 0) is 34.9 Å². The fraction of sp³-hybridized carbons (Fsp3) is 0. The molecular weight excluding hydrogens is 685 g/mol. The Morgan fingerprint density at radius 1 is 0.321 bits per heavy atom. The van der Waals surface area contributed by atoms with E-state index in [1.807, 2.05) is 36.4 Å². The number of rotatable bonds is 6. The Morgan fingerprint density at radius 2 is 0.804 bits per heavy atom. The van der Waals surface area contributed by atoms with Crippen LogP contribution in [0, 0.1) is 0 Å². The summed E-state index contributed by atoms with van der Waals surface area (Å²) in [7, 11) is 0. The lowest BCUT2D eigenvalue weighted by molar-refractivity contribution is 0.667. The van der Waals surface area contributed by atoms with Crippen LogP contribution in [0.3, 0.4) is 0 Å². The van der Waals surface area contributed by atoms with Crippen molar-refractivity contribution in [3.8, 4) is 62.1 Å². The zero-order valence-corrected chi connectivity index (χ0v) is 30.2. The van der Waals surface area contributed by atoms with Crippen LogP contribution in [0.5, 0.6) is 0 Å². The topological polar surface area (TPSA) is 56.7 Å². The highest BCUT2D eigenvalue weighted by Gasteiger charge is 2.23. The van der Waals surface area contributed by atoms with E-state index in [1.54, 1.807) is 0 Å². The van der Waals surface area contributed by atoms with E-state index in [-0.39, 0.29) is 0 Å². The minimum absolute atomic E-state index is 0.611. The molecule has 0 saturated carbocycles. The van der Waals surface area contributed by atoms with Crippen molar-refractivity contribution in [2.75, 3.05) is 0 Å². The summed E-state index contributed by atoms with van der Waals surface area (Å²) in [5.41, 5.74) is 12.0. The molecule has 0 aliphatic heterocycles. The molecule has 8 aromatic carbocycles. The normalized spacial score (nSPS) is 11.6. The fourth-order valence-electron chi connectivity index (χ4n) is 8.17. The highest BCUT2D eigenvalue weighted by molar-refractivity contribution is 6.17. The first-order chi connectivity index (χ1) is 27.8. The molecule has 0 radical (unpaired) electrons. The molecule has 262 valence electrons. The van der Waals surface area contributed by atoms with Crippen LogP contribution in [0.2, 0.25) is 0 Å². The van der Waals surface area contributed by atoms with E-state index in [4.69, 9.17) is 19.4 Å². The first-order valence-corrected chi connectivity index (χ1v) is 18.8. The van der Waals surface area contributed by atoms with Gasteiger partial charge in [-0.2, -0.15) is 0 Å². The van der Waals surface area contributed by atoms with Crippen LogP contribution in [-0.4, -0.2) is 19.5 Å². The van der Waals surface area contributed by atoms with Crippen LogP contribution < -0.4 is 0 Å². The number of aromatic nitrogens is 4. The molecule has 0 aliphatic rings. The summed E-state index contributed by atoms with van der Waals surface area (Å²) in [6, 6.07) is 67.2. The largest absolute Gasteiger partial charge is 0.453 e. The van der Waals surface area contributed by atoms with E-state index in [0.29, 0.717) is 17.5 Å². The molecule has 11 aromatic rings. The van der Waals surface area contributed by atoms with E-state index in [9.17, 15) is 0 Å². The molecule has 0 bridgehead atoms. The number of hydrogen-bond acceptors (Lipinski definition) is 4. The van der Waals surface area contributed by atoms with Gasteiger partial charge < -0.3 is 8.98 Å². The molecule has 5 nitrogen and oxygen atoms in total. The highest BCUT2D eigenvalue weighted by atomic mass is 16.3. The molecular formula is C51H32N4O. The second kappa shape index (κ2) is 13.0. The molecule has 0 saturated heterocycles. The van der Waals surface area contributed by atoms with Gasteiger partial charge in [-0.15, -0.1) is 0 Å².